The van der Waals surface area contributed by atoms with E-state index < -0.39 is 17.8 Å². The molecule has 24 heavy (non-hydrogen) atoms. The van der Waals surface area contributed by atoms with Crippen molar-refractivity contribution < 1.29 is 24.2 Å². The molecule has 0 unspecified atom stereocenters. The second-order valence-corrected chi connectivity index (χ2v) is 5.65. The predicted octanol–water partition coefficient (Wildman–Crippen LogP) is 2.20. The number of nitrogens with one attached hydrogen (secondary N) is 1. The summed E-state index contributed by atoms with van der Waals surface area (Å²) in [6, 6.07) is 2.10. The summed E-state index contributed by atoms with van der Waals surface area (Å²) in [5, 5.41) is 11.9. The Morgan fingerprint density at radius 1 is 1.38 bits per heavy atom. The molecule has 0 aromatic heterocycles. The van der Waals surface area contributed by atoms with Gasteiger partial charge in [0.05, 0.1) is 6.61 Å². The van der Waals surface area contributed by atoms with Crippen LogP contribution in [0.1, 0.15) is 12.5 Å². The lowest BCUT2D eigenvalue weighted by molar-refractivity contribution is -0.129. The average Bonchev–Trinajstić information content (AvgIpc) is 2.52. The van der Waals surface area contributed by atoms with Crippen molar-refractivity contribution in [2.75, 3.05) is 13.2 Å². The average molecular weight is 395 g/mol. The molecule has 0 atom stereocenters. The fourth-order valence-corrected chi connectivity index (χ4v) is 2.53. The van der Waals surface area contributed by atoms with Crippen LogP contribution >= 0.6 is 15.9 Å². The summed E-state index contributed by atoms with van der Waals surface area (Å²) < 4.78 is 5.75. The summed E-state index contributed by atoms with van der Waals surface area (Å²) in [6.45, 7) is 5.56. The zero-order chi connectivity index (χ0) is 17.9. The van der Waals surface area contributed by atoms with Crippen molar-refractivity contribution in [2.45, 2.75) is 6.92 Å². The van der Waals surface area contributed by atoms with Crippen LogP contribution in [0.25, 0.3) is 6.08 Å². The van der Waals surface area contributed by atoms with Crippen molar-refractivity contribution in [3.63, 3.8) is 0 Å². The molecule has 1 aromatic rings. The van der Waals surface area contributed by atoms with Crippen LogP contribution in [-0.4, -0.2) is 41.0 Å². The van der Waals surface area contributed by atoms with E-state index in [9.17, 15) is 19.5 Å². The van der Waals surface area contributed by atoms with Crippen molar-refractivity contribution in [1.29, 1.82) is 0 Å². The Bertz CT molecular complexity index is 757. The number of phenolic OH excluding ortho intramolecular Hbond substituents is 1. The summed E-state index contributed by atoms with van der Waals surface area (Å²) in [5.74, 6) is -1.37. The normalized spacial score (nSPS) is 16.3. The number of barbiturate groups is 1. The Labute approximate surface area is 146 Å². The van der Waals surface area contributed by atoms with E-state index >= 15 is 0 Å². The molecule has 7 nitrogen and oxygen atoms in total. The first-order valence-corrected chi connectivity index (χ1v) is 7.83. The standard InChI is InChI=1S/C16H15BrN2O5/c1-3-5-19-15(22)10(14(21)18-16(19)23)6-9-7-13(24-4-2)12(20)8-11(9)17/h3,6-8,20H,1,4-5H2,2H3,(H,18,21,23)/b10-6+. The predicted molar refractivity (Wildman–Crippen MR) is 90.4 cm³/mol. The summed E-state index contributed by atoms with van der Waals surface area (Å²) in [4.78, 5) is 36.9. The maximum absolute atomic E-state index is 12.4. The minimum atomic E-state index is -0.790. The van der Waals surface area contributed by atoms with Crippen molar-refractivity contribution >= 4 is 39.9 Å². The number of nitrogens with zero attached hydrogens (tertiary/aromatic N) is 1. The highest BCUT2D eigenvalue weighted by atomic mass is 79.9. The number of amides is 4. The Hall–Kier alpha value is -2.61. The molecule has 1 aliphatic rings. The summed E-state index contributed by atoms with van der Waals surface area (Å²) >= 11 is 3.26. The highest BCUT2D eigenvalue weighted by Gasteiger charge is 2.35. The van der Waals surface area contributed by atoms with Crippen molar-refractivity contribution in [2.24, 2.45) is 0 Å². The number of hydrogen-bond donors (Lipinski definition) is 2. The summed E-state index contributed by atoms with van der Waals surface area (Å²) in [7, 11) is 0. The smallest absolute Gasteiger partial charge is 0.331 e. The number of urea groups is 1. The van der Waals surface area contributed by atoms with E-state index in [2.05, 4.69) is 27.8 Å². The highest BCUT2D eigenvalue weighted by molar-refractivity contribution is 9.10. The number of rotatable bonds is 5. The number of imide groups is 2. The molecule has 0 aliphatic carbocycles. The molecule has 0 radical (unpaired) electrons. The van der Waals surface area contributed by atoms with Crippen molar-refractivity contribution in [1.82, 2.24) is 10.2 Å². The van der Waals surface area contributed by atoms with Crippen LogP contribution in [0.3, 0.4) is 0 Å². The van der Waals surface area contributed by atoms with Gasteiger partial charge >= 0.3 is 6.03 Å². The van der Waals surface area contributed by atoms with Gasteiger partial charge in [-0.15, -0.1) is 6.58 Å². The highest BCUT2D eigenvalue weighted by Crippen LogP contribution is 2.34. The van der Waals surface area contributed by atoms with Gasteiger partial charge < -0.3 is 9.84 Å². The van der Waals surface area contributed by atoms with Gasteiger partial charge in [0, 0.05) is 11.0 Å². The third kappa shape index (κ3) is 3.48. The Morgan fingerprint density at radius 3 is 2.71 bits per heavy atom. The molecule has 1 saturated heterocycles. The number of phenols is 1. The van der Waals surface area contributed by atoms with E-state index in [0.717, 1.165) is 4.90 Å². The van der Waals surface area contributed by atoms with E-state index in [1.54, 1.807) is 6.92 Å². The van der Waals surface area contributed by atoms with Crippen LogP contribution in [0.2, 0.25) is 0 Å². The molecule has 8 heteroatoms. The molecule has 2 rings (SSSR count). The van der Waals surface area contributed by atoms with Crippen LogP contribution < -0.4 is 10.1 Å². The molecule has 126 valence electrons. The molecule has 0 bridgehead atoms. The molecular formula is C16H15BrN2O5. The fourth-order valence-electron chi connectivity index (χ4n) is 2.08. The van der Waals surface area contributed by atoms with Crippen LogP contribution in [0.4, 0.5) is 4.79 Å². The SMILES string of the molecule is C=CCN1C(=O)NC(=O)/C(=C\c2cc(OCC)c(O)cc2Br)C1=O. The zero-order valence-corrected chi connectivity index (χ0v) is 14.4. The van der Waals surface area contributed by atoms with Gasteiger partial charge in [-0.25, -0.2) is 4.79 Å². The molecule has 0 saturated carbocycles. The quantitative estimate of drug-likeness (QED) is 0.453. The van der Waals surface area contributed by atoms with Crippen molar-refractivity contribution in [3.05, 3.63) is 40.4 Å². The first-order chi connectivity index (χ1) is 11.4. The molecular weight excluding hydrogens is 380 g/mol. The Balaban J connectivity index is 2.47. The topological polar surface area (TPSA) is 95.9 Å². The van der Waals surface area contributed by atoms with Gasteiger partial charge in [-0.2, -0.15) is 0 Å². The lowest BCUT2D eigenvalue weighted by Gasteiger charge is -2.25. The molecule has 4 amide bonds. The second-order valence-electron chi connectivity index (χ2n) is 4.80. The van der Waals surface area contributed by atoms with Gasteiger partial charge in [-0.05, 0) is 30.7 Å². The van der Waals surface area contributed by atoms with Gasteiger partial charge in [0.25, 0.3) is 11.8 Å². The van der Waals surface area contributed by atoms with E-state index in [1.807, 2.05) is 0 Å². The van der Waals surface area contributed by atoms with Crippen LogP contribution in [0.15, 0.2) is 34.8 Å². The van der Waals surface area contributed by atoms with E-state index in [1.165, 1.54) is 24.3 Å². The largest absolute Gasteiger partial charge is 0.504 e. The lowest BCUT2D eigenvalue weighted by Crippen LogP contribution is -2.54. The lowest BCUT2D eigenvalue weighted by atomic mass is 10.1. The number of benzene rings is 1. The van der Waals surface area contributed by atoms with Gasteiger partial charge in [0.1, 0.15) is 5.57 Å². The minimum absolute atomic E-state index is 0.0176. The van der Waals surface area contributed by atoms with Gasteiger partial charge in [-0.1, -0.05) is 22.0 Å². The minimum Gasteiger partial charge on any atom is -0.504 e. The van der Waals surface area contributed by atoms with Gasteiger partial charge in [0.2, 0.25) is 0 Å². The third-order valence-electron chi connectivity index (χ3n) is 3.18. The Kier molecular flexibility index (Phi) is 5.40. The maximum atomic E-state index is 12.4. The van der Waals surface area contributed by atoms with Gasteiger partial charge in [-0.3, -0.25) is 19.8 Å². The van der Waals surface area contributed by atoms with Gasteiger partial charge in [0.15, 0.2) is 11.5 Å². The third-order valence-corrected chi connectivity index (χ3v) is 3.86. The van der Waals surface area contributed by atoms with E-state index in [0.29, 0.717) is 16.6 Å². The first-order valence-electron chi connectivity index (χ1n) is 7.04. The molecule has 1 aliphatic heterocycles. The number of hydrogen-bond acceptors (Lipinski definition) is 5. The van der Waals surface area contributed by atoms with E-state index in [-0.39, 0.29) is 23.6 Å². The van der Waals surface area contributed by atoms with Crippen LogP contribution in [0, 0.1) is 0 Å². The van der Waals surface area contributed by atoms with Crippen molar-refractivity contribution in [3.8, 4) is 11.5 Å². The number of ether oxygens (including phenoxy) is 1. The molecule has 0 spiro atoms. The van der Waals surface area contributed by atoms with Crippen LogP contribution in [-0.2, 0) is 9.59 Å². The number of carbonyl (C=O) groups is 3. The number of halogens is 1. The second kappa shape index (κ2) is 7.31. The summed E-state index contributed by atoms with van der Waals surface area (Å²) in [5.41, 5.74) is 0.243. The Morgan fingerprint density at radius 2 is 2.08 bits per heavy atom. The summed E-state index contributed by atoms with van der Waals surface area (Å²) in [6.07, 6.45) is 2.71. The van der Waals surface area contributed by atoms with Crippen LogP contribution in [0.5, 0.6) is 11.5 Å². The maximum Gasteiger partial charge on any atom is 0.331 e. The monoisotopic (exact) mass is 394 g/mol. The molecule has 1 fully saturated rings. The number of aromatic hydroxyl groups is 1. The molecule has 1 heterocycles. The fraction of sp³-hybridized carbons (Fsp3) is 0.188. The first kappa shape index (κ1) is 17.7. The van der Waals surface area contributed by atoms with E-state index in [4.69, 9.17) is 4.74 Å². The zero-order valence-electron chi connectivity index (χ0n) is 12.8. The molecule has 1 aromatic carbocycles. The molecule has 2 N–H and O–H groups in total. The number of carbonyl (C=O) groups excluding carboxylic acids is 3.